The van der Waals surface area contributed by atoms with Crippen LogP contribution in [-0.2, 0) is 30.4 Å². The van der Waals surface area contributed by atoms with Crippen molar-refractivity contribution in [3.8, 4) is 0 Å². The molecule has 2 aliphatic rings. The maximum Gasteiger partial charge on any atom is 0.323 e. The van der Waals surface area contributed by atoms with Crippen LogP contribution in [0.25, 0.3) is 0 Å². The lowest BCUT2D eigenvalue weighted by Gasteiger charge is -2.60. The first-order valence-electron chi connectivity index (χ1n) is 21.5. The fourth-order valence-electron chi connectivity index (χ4n) is 9.00. The Labute approximate surface area is 335 Å². The molecule has 0 N–H and O–H groups in total. The molecule has 4 atom stereocenters. The van der Waals surface area contributed by atoms with Gasteiger partial charge >= 0.3 is 11.9 Å². The molecule has 56 heavy (non-hydrogen) atoms. The largest absolute Gasteiger partial charge is 0.465 e. The summed E-state index contributed by atoms with van der Waals surface area (Å²) in [5.41, 5.74) is -1.72. The third kappa shape index (κ3) is 10.3. The standard InChI is InChI=1S/C46H65N5O5/c1-4-6-8-10-12-14-16-24-32-55-43(53)45-35-51(34-37-26-18-21-29-47-37)36-46(42(45)52,44(54)56-33-25-17-15-13-11-9-7-5-2)41(39-28-20-23-31-49-39)50(3)40(45)38-27-19-22-30-48-38/h18-23,26-31,40-41H,4-17,24-25,32-36H2,1-3H3. The number of Topliss-reactive ketones (excluding diaryl/α,β-unsaturated/α-hetero) is 1. The molecule has 10 nitrogen and oxygen atoms in total. The second kappa shape index (κ2) is 22.1. The van der Waals surface area contributed by atoms with E-state index in [2.05, 4.69) is 18.8 Å². The van der Waals surface area contributed by atoms with Crippen molar-refractivity contribution >= 4 is 17.7 Å². The zero-order valence-corrected chi connectivity index (χ0v) is 34.2. The van der Waals surface area contributed by atoms with E-state index in [9.17, 15) is 0 Å². The number of piperidine rings is 2. The van der Waals surface area contributed by atoms with Gasteiger partial charge in [-0.2, -0.15) is 0 Å². The molecule has 3 aromatic heterocycles. The third-order valence-corrected chi connectivity index (χ3v) is 11.7. The highest BCUT2D eigenvalue weighted by atomic mass is 16.5. The van der Waals surface area contributed by atoms with Crippen molar-refractivity contribution in [1.29, 1.82) is 0 Å². The average Bonchev–Trinajstić information content (AvgIpc) is 3.21. The van der Waals surface area contributed by atoms with Crippen LogP contribution in [0, 0.1) is 10.8 Å². The van der Waals surface area contributed by atoms with Gasteiger partial charge in [0.15, 0.2) is 16.6 Å². The molecule has 4 unspecified atom stereocenters. The predicted molar refractivity (Wildman–Crippen MR) is 218 cm³/mol. The molecule has 2 fully saturated rings. The van der Waals surface area contributed by atoms with Gasteiger partial charge in [-0.1, -0.05) is 122 Å². The molecule has 5 rings (SSSR count). The summed E-state index contributed by atoms with van der Waals surface area (Å²) in [6.07, 6.45) is 22.7. The number of nitrogens with zero attached hydrogens (tertiary/aromatic N) is 5. The Hall–Kier alpha value is -4.02. The van der Waals surface area contributed by atoms with Crippen LogP contribution in [0.4, 0.5) is 0 Å². The molecule has 10 heteroatoms. The SMILES string of the molecule is CCCCCCCCCCOC(=O)C12CN(Cc3ccccn3)CC(C(=O)OCCCCCCCCCC)(C1=O)C(c1ccccn1)N(C)C2c1ccccn1. The Bertz CT molecular complexity index is 1530. The van der Waals surface area contributed by atoms with Gasteiger partial charge in [0.1, 0.15) is 0 Å². The number of pyridine rings is 3. The van der Waals surface area contributed by atoms with E-state index in [0.717, 1.165) is 44.2 Å². The fourth-order valence-corrected chi connectivity index (χ4v) is 9.00. The lowest BCUT2D eigenvalue weighted by molar-refractivity contribution is -0.206. The van der Waals surface area contributed by atoms with Crippen molar-refractivity contribution in [2.45, 2.75) is 135 Å². The molecule has 2 bridgehead atoms. The molecule has 2 aliphatic heterocycles. The van der Waals surface area contributed by atoms with Crippen molar-refractivity contribution in [1.82, 2.24) is 24.8 Å². The van der Waals surface area contributed by atoms with Crippen LogP contribution in [0.15, 0.2) is 73.2 Å². The van der Waals surface area contributed by atoms with E-state index in [-0.39, 0.29) is 26.3 Å². The second-order valence-electron chi connectivity index (χ2n) is 15.9. The maximum atomic E-state index is 15.8. The molecule has 304 valence electrons. The molecule has 5 heterocycles. The summed E-state index contributed by atoms with van der Waals surface area (Å²) in [6.45, 7) is 5.21. The van der Waals surface area contributed by atoms with Crippen LogP contribution >= 0.6 is 0 Å². The van der Waals surface area contributed by atoms with E-state index in [0.29, 0.717) is 30.8 Å². The Morgan fingerprint density at radius 1 is 0.607 bits per heavy atom. The molecule has 0 aromatic carbocycles. The molecule has 0 amide bonds. The number of hydrogen-bond donors (Lipinski definition) is 0. The van der Waals surface area contributed by atoms with Crippen LogP contribution in [0.1, 0.15) is 146 Å². The Morgan fingerprint density at radius 2 is 1.02 bits per heavy atom. The zero-order valence-electron chi connectivity index (χ0n) is 34.2. The van der Waals surface area contributed by atoms with Gasteiger partial charge in [-0.3, -0.25) is 39.1 Å². The maximum absolute atomic E-state index is 15.8. The number of carbonyl (C=O) groups is 3. The lowest BCUT2D eigenvalue weighted by Crippen LogP contribution is -2.75. The van der Waals surface area contributed by atoms with Gasteiger partial charge in [0, 0.05) is 38.2 Å². The highest BCUT2D eigenvalue weighted by Gasteiger charge is 2.75. The van der Waals surface area contributed by atoms with E-state index in [1.54, 1.807) is 18.6 Å². The first kappa shape index (κ1) is 43.1. The monoisotopic (exact) mass is 767 g/mol. The highest BCUT2D eigenvalue weighted by molar-refractivity contribution is 6.17. The van der Waals surface area contributed by atoms with Crippen molar-refractivity contribution in [3.63, 3.8) is 0 Å². The molecule has 2 saturated heterocycles. The molecule has 0 spiro atoms. The van der Waals surface area contributed by atoms with Crippen LogP contribution in [0.2, 0.25) is 0 Å². The first-order valence-corrected chi connectivity index (χ1v) is 21.5. The number of carbonyl (C=O) groups excluding carboxylic acids is 3. The van der Waals surface area contributed by atoms with Crippen molar-refractivity contribution < 1.29 is 23.9 Å². The van der Waals surface area contributed by atoms with Crippen molar-refractivity contribution in [3.05, 3.63) is 90.3 Å². The van der Waals surface area contributed by atoms with Gasteiger partial charge in [-0.05, 0) is 56.3 Å². The Morgan fingerprint density at radius 3 is 1.41 bits per heavy atom. The van der Waals surface area contributed by atoms with E-state index >= 15 is 14.4 Å². The number of likely N-dealkylation sites (tertiary alicyclic amines) is 2. The minimum absolute atomic E-state index is 0.0340. The predicted octanol–water partition coefficient (Wildman–Crippen LogP) is 9.02. The number of ether oxygens (including phenoxy) is 2. The number of fused-ring (bicyclic) bond motifs is 2. The molecule has 0 aliphatic carbocycles. The first-order chi connectivity index (χ1) is 27.4. The normalized spacial score (nSPS) is 22.5. The average molecular weight is 768 g/mol. The van der Waals surface area contributed by atoms with Crippen LogP contribution in [0.5, 0.6) is 0 Å². The van der Waals surface area contributed by atoms with E-state index in [1.807, 2.05) is 71.4 Å². The Balaban J connectivity index is 1.51. The number of hydrogen-bond acceptors (Lipinski definition) is 10. The van der Waals surface area contributed by atoms with Gasteiger partial charge in [-0.15, -0.1) is 0 Å². The lowest BCUT2D eigenvalue weighted by atomic mass is 9.54. The van der Waals surface area contributed by atoms with Gasteiger partial charge in [0.25, 0.3) is 0 Å². The number of rotatable bonds is 24. The topological polar surface area (TPSA) is 115 Å². The van der Waals surface area contributed by atoms with E-state index in [1.165, 1.54) is 51.4 Å². The molecule has 3 aromatic rings. The summed E-state index contributed by atoms with van der Waals surface area (Å²) in [4.78, 5) is 63.9. The van der Waals surface area contributed by atoms with Crippen molar-refractivity contribution in [2.75, 3.05) is 33.4 Å². The van der Waals surface area contributed by atoms with E-state index in [4.69, 9.17) is 19.4 Å². The quantitative estimate of drug-likeness (QED) is 0.0497. The van der Waals surface area contributed by atoms with Gasteiger partial charge in [-0.25, -0.2) is 0 Å². The summed E-state index contributed by atoms with van der Waals surface area (Å²) in [5, 5.41) is 0. The van der Waals surface area contributed by atoms with Crippen LogP contribution in [0.3, 0.4) is 0 Å². The summed E-state index contributed by atoms with van der Waals surface area (Å²) in [5.74, 6) is -1.73. The van der Waals surface area contributed by atoms with Gasteiger partial charge < -0.3 is 9.47 Å². The smallest absolute Gasteiger partial charge is 0.323 e. The van der Waals surface area contributed by atoms with Crippen molar-refractivity contribution in [2.24, 2.45) is 10.8 Å². The van der Waals surface area contributed by atoms with Crippen LogP contribution < -0.4 is 0 Å². The molecular formula is C46H65N5O5. The second-order valence-corrected chi connectivity index (χ2v) is 15.9. The minimum Gasteiger partial charge on any atom is -0.465 e. The number of esters is 2. The molecule has 0 saturated carbocycles. The van der Waals surface area contributed by atoms with Crippen LogP contribution in [-0.4, -0.2) is 75.8 Å². The number of aromatic nitrogens is 3. The zero-order chi connectivity index (χ0) is 39.6. The summed E-state index contributed by atoms with van der Waals surface area (Å²) >= 11 is 0. The van der Waals surface area contributed by atoms with Gasteiger partial charge in [0.2, 0.25) is 0 Å². The fraction of sp³-hybridized carbons (Fsp3) is 0.609. The number of ketones is 1. The highest BCUT2D eigenvalue weighted by Crippen LogP contribution is 2.60. The number of unbranched alkanes of at least 4 members (excludes halogenated alkanes) is 14. The van der Waals surface area contributed by atoms with Gasteiger partial charge in [0.05, 0.1) is 42.4 Å². The van der Waals surface area contributed by atoms with E-state index < -0.39 is 40.6 Å². The molecule has 0 radical (unpaired) electrons. The molecular weight excluding hydrogens is 703 g/mol. The summed E-state index contributed by atoms with van der Waals surface area (Å²) in [6, 6.07) is 15.1. The summed E-state index contributed by atoms with van der Waals surface area (Å²) in [7, 11) is 1.88. The summed E-state index contributed by atoms with van der Waals surface area (Å²) < 4.78 is 12.3. The Kier molecular flexibility index (Phi) is 17.0. The minimum atomic E-state index is -1.79. The third-order valence-electron chi connectivity index (χ3n) is 11.7.